The van der Waals surface area contributed by atoms with Gasteiger partial charge in [0.1, 0.15) is 0 Å². The van der Waals surface area contributed by atoms with Crippen LogP contribution in [0.3, 0.4) is 0 Å². The van der Waals surface area contributed by atoms with Crippen molar-refractivity contribution in [2.45, 2.75) is 50.5 Å². The number of primary sulfonamides is 1. The molecule has 0 unspecified atom stereocenters. The van der Waals surface area contributed by atoms with Crippen LogP contribution in [0.25, 0.3) is 0 Å². The molecule has 140 valence electrons. The molecule has 1 aromatic rings. The van der Waals surface area contributed by atoms with Gasteiger partial charge in [0, 0.05) is 6.04 Å². The highest BCUT2D eigenvalue weighted by atomic mass is 32.2. The van der Waals surface area contributed by atoms with E-state index in [9.17, 15) is 13.2 Å². The summed E-state index contributed by atoms with van der Waals surface area (Å²) in [7, 11) is -3.65. The van der Waals surface area contributed by atoms with Crippen LogP contribution in [0.1, 0.15) is 38.7 Å². The lowest BCUT2D eigenvalue weighted by atomic mass is 9.78. The molecule has 3 atom stereocenters. The van der Waals surface area contributed by atoms with Crippen molar-refractivity contribution in [3.05, 3.63) is 29.8 Å². The molecule has 0 bridgehead atoms. The topological polar surface area (TPSA) is 101 Å². The van der Waals surface area contributed by atoms with Crippen molar-refractivity contribution in [3.63, 3.8) is 0 Å². The molecule has 1 aliphatic rings. The van der Waals surface area contributed by atoms with Crippen LogP contribution in [0.15, 0.2) is 29.2 Å². The second kappa shape index (κ2) is 8.78. The molecular weight excluding hydrogens is 338 g/mol. The second-order valence-electron chi connectivity index (χ2n) is 7.06. The van der Waals surface area contributed by atoms with E-state index in [2.05, 4.69) is 24.5 Å². The second-order valence-corrected chi connectivity index (χ2v) is 8.62. The fourth-order valence-electron chi connectivity index (χ4n) is 3.32. The number of hydrogen-bond donors (Lipinski definition) is 3. The number of benzene rings is 1. The van der Waals surface area contributed by atoms with E-state index in [4.69, 9.17) is 5.14 Å². The molecule has 0 aromatic heterocycles. The van der Waals surface area contributed by atoms with E-state index in [1.165, 1.54) is 25.0 Å². The van der Waals surface area contributed by atoms with Gasteiger partial charge in [0.15, 0.2) is 0 Å². The Morgan fingerprint density at radius 1 is 1.20 bits per heavy atom. The number of hydrogen-bond acceptors (Lipinski definition) is 4. The van der Waals surface area contributed by atoms with Crippen LogP contribution in [0.2, 0.25) is 0 Å². The van der Waals surface area contributed by atoms with Gasteiger partial charge in [-0.05, 0) is 48.9 Å². The lowest BCUT2D eigenvalue weighted by Gasteiger charge is -2.34. The number of sulfonamides is 1. The molecule has 1 saturated carbocycles. The Hall–Kier alpha value is -1.44. The van der Waals surface area contributed by atoms with E-state index in [0.29, 0.717) is 24.9 Å². The quantitative estimate of drug-likeness (QED) is 0.634. The molecule has 25 heavy (non-hydrogen) atoms. The summed E-state index contributed by atoms with van der Waals surface area (Å²) >= 11 is 0. The van der Waals surface area contributed by atoms with E-state index in [0.717, 1.165) is 18.4 Å². The molecule has 1 amide bonds. The normalized spacial score (nSPS) is 24.0. The SMILES string of the molecule is C[C@@H]1[C@H](C)CCC[C@H]1NC(=O)CNCCc1ccc(S(N)(=O)=O)cc1. The summed E-state index contributed by atoms with van der Waals surface area (Å²) in [5.74, 6) is 1.22. The largest absolute Gasteiger partial charge is 0.352 e. The smallest absolute Gasteiger partial charge is 0.238 e. The first-order valence-electron chi connectivity index (χ1n) is 8.89. The zero-order valence-electron chi connectivity index (χ0n) is 15.0. The lowest BCUT2D eigenvalue weighted by molar-refractivity contribution is -0.121. The zero-order valence-corrected chi connectivity index (χ0v) is 15.8. The Balaban J connectivity index is 1.69. The van der Waals surface area contributed by atoms with Crippen LogP contribution in [0, 0.1) is 11.8 Å². The lowest BCUT2D eigenvalue weighted by Crippen LogP contribution is -2.46. The molecule has 6 nitrogen and oxygen atoms in total. The fourth-order valence-corrected chi connectivity index (χ4v) is 3.84. The predicted molar refractivity (Wildman–Crippen MR) is 98.5 cm³/mol. The molecule has 0 spiro atoms. The number of rotatable bonds is 7. The number of nitrogens with one attached hydrogen (secondary N) is 2. The Morgan fingerprint density at radius 3 is 2.52 bits per heavy atom. The Kier molecular flexibility index (Phi) is 6.98. The molecule has 0 saturated heterocycles. The number of carbonyl (C=O) groups is 1. The van der Waals surface area contributed by atoms with Crippen molar-refractivity contribution in [1.29, 1.82) is 0 Å². The van der Waals surface area contributed by atoms with Crippen molar-refractivity contribution in [2.24, 2.45) is 17.0 Å². The Bertz CT molecular complexity index is 673. The summed E-state index contributed by atoms with van der Waals surface area (Å²) in [5, 5.41) is 11.4. The van der Waals surface area contributed by atoms with E-state index in [1.54, 1.807) is 12.1 Å². The predicted octanol–water partition coefficient (Wildman–Crippen LogP) is 1.41. The van der Waals surface area contributed by atoms with Crippen molar-refractivity contribution >= 4 is 15.9 Å². The third-order valence-electron chi connectivity index (χ3n) is 5.18. The van der Waals surface area contributed by atoms with Crippen LogP contribution in [-0.4, -0.2) is 33.5 Å². The summed E-state index contributed by atoms with van der Waals surface area (Å²) < 4.78 is 22.4. The first kappa shape index (κ1) is 19.9. The van der Waals surface area contributed by atoms with E-state index in [1.807, 2.05) is 0 Å². The van der Waals surface area contributed by atoms with Gasteiger partial charge < -0.3 is 10.6 Å². The Labute approximate surface area is 150 Å². The van der Waals surface area contributed by atoms with Gasteiger partial charge in [-0.15, -0.1) is 0 Å². The highest BCUT2D eigenvalue weighted by Gasteiger charge is 2.27. The molecule has 1 aromatic carbocycles. The molecular formula is C18H29N3O3S. The first-order valence-corrected chi connectivity index (χ1v) is 10.4. The maximum atomic E-state index is 12.1. The van der Waals surface area contributed by atoms with Crippen LogP contribution >= 0.6 is 0 Å². The van der Waals surface area contributed by atoms with E-state index < -0.39 is 10.0 Å². The summed E-state index contributed by atoms with van der Waals surface area (Å²) in [6.07, 6.45) is 4.21. The van der Waals surface area contributed by atoms with Gasteiger partial charge in [-0.2, -0.15) is 0 Å². The molecule has 7 heteroatoms. The van der Waals surface area contributed by atoms with Crippen LogP contribution in [0.4, 0.5) is 0 Å². The molecule has 2 rings (SSSR count). The molecule has 1 fully saturated rings. The molecule has 4 N–H and O–H groups in total. The minimum Gasteiger partial charge on any atom is -0.352 e. The minimum atomic E-state index is -3.65. The summed E-state index contributed by atoms with van der Waals surface area (Å²) in [5.41, 5.74) is 0.995. The first-order chi connectivity index (χ1) is 11.8. The summed E-state index contributed by atoms with van der Waals surface area (Å²) in [6.45, 7) is 5.42. The molecule has 0 aliphatic heterocycles. The molecule has 0 heterocycles. The average molecular weight is 368 g/mol. The van der Waals surface area contributed by atoms with Gasteiger partial charge in [0.25, 0.3) is 0 Å². The van der Waals surface area contributed by atoms with Gasteiger partial charge in [-0.1, -0.05) is 38.8 Å². The molecule has 0 radical (unpaired) electrons. The number of amides is 1. The maximum Gasteiger partial charge on any atom is 0.238 e. The third kappa shape index (κ3) is 6.09. The van der Waals surface area contributed by atoms with E-state index >= 15 is 0 Å². The van der Waals surface area contributed by atoms with Gasteiger partial charge in [-0.3, -0.25) is 4.79 Å². The highest BCUT2D eigenvalue weighted by Crippen LogP contribution is 2.29. The number of carbonyl (C=O) groups excluding carboxylic acids is 1. The van der Waals surface area contributed by atoms with Gasteiger partial charge >= 0.3 is 0 Å². The van der Waals surface area contributed by atoms with Crippen molar-refractivity contribution in [1.82, 2.24) is 10.6 Å². The standard InChI is InChI=1S/C18H29N3O3S/c1-13-4-3-5-17(14(13)2)21-18(22)12-20-11-10-15-6-8-16(9-7-15)25(19,23)24/h6-9,13-14,17,20H,3-5,10-12H2,1-2H3,(H,21,22)(H2,19,23,24)/t13-,14-,17-/m1/s1. The highest BCUT2D eigenvalue weighted by molar-refractivity contribution is 7.89. The van der Waals surface area contributed by atoms with Crippen LogP contribution < -0.4 is 15.8 Å². The van der Waals surface area contributed by atoms with E-state index in [-0.39, 0.29) is 16.8 Å². The van der Waals surface area contributed by atoms with Gasteiger partial charge in [0.05, 0.1) is 11.4 Å². The van der Waals surface area contributed by atoms with Crippen LogP contribution in [-0.2, 0) is 21.2 Å². The third-order valence-corrected chi connectivity index (χ3v) is 6.11. The summed E-state index contributed by atoms with van der Waals surface area (Å²) in [4.78, 5) is 12.2. The summed E-state index contributed by atoms with van der Waals surface area (Å²) in [6, 6.07) is 6.77. The monoisotopic (exact) mass is 367 g/mol. The Morgan fingerprint density at radius 2 is 1.88 bits per heavy atom. The average Bonchev–Trinajstić information content (AvgIpc) is 2.55. The van der Waals surface area contributed by atoms with Crippen LogP contribution in [0.5, 0.6) is 0 Å². The zero-order chi connectivity index (χ0) is 18.4. The fraction of sp³-hybridized carbons (Fsp3) is 0.611. The number of nitrogens with two attached hydrogens (primary N) is 1. The van der Waals surface area contributed by atoms with Crippen molar-refractivity contribution in [3.8, 4) is 0 Å². The van der Waals surface area contributed by atoms with Crippen molar-refractivity contribution < 1.29 is 13.2 Å². The van der Waals surface area contributed by atoms with Gasteiger partial charge in [0.2, 0.25) is 15.9 Å². The minimum absolute atomic E-state index is 0.0375. The van der Waals surface area contributed by atoms with Crippen molar-refractivity contribution in [2.75, 3.05) is 13.1 Å². The van der Waals surface area contributed by atoms with Gasteiger partial charge in [-0.25, -0.2) is 13.6 Å². The molecule has 1 aliphatic carbocycles. The maximum absolute atomic E-state index is 12.1.